The molecule has 1 aromatic rings. The van der Waals surface area contributed by atoms with E-state index in [9.17, 15) is 9.59 Å². The van der Waals surface area contributed by atoms with Crippen molar-refractivity contribution >= 4 is 5.91 Å². The fourth-order valence-electron chi connectivity index (χ4n) is 2.51. The molecule has 0 spiro atoms. The molecule has 106 valence electrons. The van der Waals surface area contributed by atoms with Gasteiger partial charge in [0, 0.05) is 32.5 Å². The van der Waals surface area contributed by atoms with E-state index in [1.165, 1.54) is 12.8 Å². The van der Waals surface area contributed by atoms with Gasteiger partial charge in [-0.2, -0.15) is 5.10 Å². The lowest BCUT2D eigenvalue weighted by Crippen LogP contribution is -2.40. The van der Waals surface area contributed by atoms with Gasteiger partial charge in [-0.25, -0.2) is 9.48 Å². The molecule has 0 bridgehead atoms. The van der Waals surface area contributed by atoms with E-state index >= 15 is 0 Å². The third kappa shape index (κ3) is 2.48. The molecule has 0 radical (unpaired) electrons. The van der Waals surface area contributed by atoms with Gasteiger partial charge in [-0.15, -0.1) is 12.3 Å². The van der Waals surface area contributed by atoms with Crippen LogP contribution in [0.1, 0.15) is 31.5 Å². The minimum atomic E-state index is -0.0392. The van der Waals surface area contributed by atoms with E-state index < -0.39 is 0 Å². The van der Waals surface area contributed by atoms with Crippen LogP contribution in [0.4, 0.5) is 0 Å². The van der Waals surface area contributed by atoms with Crippen LogP contribution in [0.15, 0.2) is 4.79 Å². The van der Waals surface area contributed by atoms with E-state index in [1.807, 2.05) is 0 Å². The minimum absolute atomic E-state index is 0.0392. The van der Waals surface area contributed by atoms with Crippen LogP contribution in [0.2, 0.25) is 0 Å². The molecule has 3 rings (SSSR count). The summed E-state index contributed by atoms with van der Waals surface area (Å²) in [6.07, 6.45) is 8.37. The first-order valence-electron chi connectivity index (χ1n) is 7.07. The highest BCUT2D eigenvalue weighted by Gasteiger charge is 2.27. The predicted octanol–water partition coefficient (Wildman–Crippen LogP) is 0.210. The van der Waals surface area contributed by atoms with Crippen LogP contribution in [-0.2, 0) is 24.4 Å². The number of carbonyl (C=O) groups excluding carboxylic acids is 1. The Labute approximate surface area is 117 Å². The zero-order valence-electron chi connectivity index (χ0n) is 11.4. The Morgan fingerprint density at radius 2 is 2.20 bits per heavy atom. The number of nitrogens with zero attached hydrogens (tertiary/aromatic N) is 4. The molecule has 6 heteroatoms. The summed E-state index contributed by atoms with van der Waals surface area (Å²) in [7, 11) is 0. The van der Waals surface area contributed by atoms with Gasteiger partial charge in [0.05, 0.1) is 6.54 Å². The van der Waals surface area contributed by atoms with Gasteiger partial charge in [0.15, 0.2) is 5.82 Å². The van der Waals surface area contributed by atoms with E-state index in [-0.39, 0.29) is 11.6 Å². The molecule has 1 aromatic heterocycles. The summed E-state index contributed by atoms with van der Waals surface area (Å²) in [6, 6.07) is 0. The maximum Gasteiger partial charge on any atom is 0.346 e. The van der Waals surface area contributed by atoms with Gasteiger partial charge in [-0.3, -0.25) is 9.36 Å². The topological polar surface area (TPSA) is 60.1 Å². The molecule has 1 saturated carbocycles. The highest BCUT2D eigenvalue weighted by molar-refractivity contribution is 5.76. The Bertz CT molecular complexity index is 618. The van der Waals surface area contributed by atoms with Crippen LogP contribution >= 0.6 is 0 Å². The van der Waals surface area contributed by atoms with Gasteiger partial charge in [0.2, 0.25) is 5.91 Å². The fraction of sp³-hybridized carbons (Fsp3) is 0.643. The smallest absolute Gasteiger partial charge is 0.333 e. The third-order valence-corrected chi connectivity index (χ3v) is 3.89. The quantitative estimate of drug-likeness (QED) is 0.737. The van der Waals surface area contributed by atoms with Crippen LogP contribution in [0.25, 0.3) is 0 Å². The Balaban J connectivity index is 1.72. The maximum atomic E-state index is 12.2. The van der Waals surface area contributed by atoms with Crippen molar-refractivity contribution in [2.24, 2.45) is 5.92 Å². The normalized spacial score (nSPS) is 17.6. The van der Waals surface area contributed by atoms with Gasteiger partial charge in [-0.05, 0) is 18.8 Å². The molecule has 6 nitrogen and oxygen atoms in total. The number of hydrogen-bond acceptors (Lipinski definition) is 3. The van der Waals surface area contributed by atoms with E-state index in [2.05, 4.69) is 11.0 Å². The lowest BCUT2D eigenvalue weighted by atomic mass is 10.2. The number of rotatable bonds is 4. The van der Waals surface area contributed by atoms with E-state index in [1.54, 1.807) is 14.1 Å². The average molecular weight is 274 g/mol. The van der Waals surface area contributed by atoms with Crippen molar-refractivity contribution in [2.75, 3.05) is 6.54 Å². The molecule has 2 heterocycles. The van der Waals surface area contributed by atoms with Crippen LogP contribution in [-0.4, -0.2) is 31.7 Å². The molecular weight excluding hydrogens is 256 g/mol. The number of amides is 1. The third-order valence-electron chi connectivity index (χ3n) is 3.89. The minimum Gasteiger partial charge on any atom is -0.333 e. The molecule has 1 aliphatic heterocycles. The first kappa shape index (κ1) is 13.0. The monoisotopic (exact) mass is 274 g/mol. The van der Waals surface area contributed by atoms with Gasteiger partial charge < -0.3 is 4.90 Å². The summed E-state index contributed by atoms with van der Waals surface area (Å²) < 4.78 is 3.25. The van der Waals surface area contributed by atoms with Gasteiger partial charge in [0.1, 0.15) is 0 Å². The molecule has 20 heavy (non-hydrogen) atoms. The number of carbonyl (C=O) groups is 1. The summed E-state index contributed by atoms with van der Waals surface area (Å²) in [5.41, 5.74) is -0.0392. The van der Waals surface area contributed by atoms with Gasteiger partial charge in [-0.1, -0.05) is 0 Å². The van der Waals surface area contributed by atoms with Crippen molar-refractivity contribution in [1.29, 1.82) is 0 Å². The van der Waals surface area contributed by atoms with E-state index in [0.717, 1.165) is 0 Å². The Morgan fingerprint density at radius 1 is 1.40 bits per heavy atom. The fourth-order valence-corrected chi connectivity index (χ4v) is 2.51. The van der Waals surface area contributed by atoms with Crippen LogP contribution in [0, 0.1) is 18.3 Å². The predicted molar refractivity (Wildman–Crippen MR) is 72.7 cm³/mol. The van der Waals surface area contributed by atoms with Gasteiger partial charge in [0.25, 0.3) is 0 Å². The van der Waals surface area contributed by atoms with Gasteiger partial charge >= 0.3 is 5.69 Å². The molecule has 0 unspecified atom stereocenters. The summed E-state index contributed by atoms with van der Waals surface area (Å²) >= 11 is 0. The highest BCUT2D eigenvalue weighted by atomic mass is 16.2. The Morgan fingerprint density at radius 3 is 2.90 bits per heavy atom. The van der Waals surface area contributed by atoms with Crippen molar-refractivity contribution in [3.05, 3.63) is 16.3 Å². The largest absolute Gasteiger partial charge is 0.346 e. The number of terminal acetylenes is 1. The summed E-state index contributed by atoms with van der Waals surface area (Å²) in [5.74, 6) is 3.82. The SMILES string of the molecule is C#CCCC(=O)N1CCn2c(nn(CC3CC3)c2=O)C1. The van der Waals surface area contributed by atoms with Crippen LogP contribution < -0.4 is 5.69 Å². The van der Waals surface area contributed by atoms with Crippen LogP contribution in [0.3, 0.4) is 0 Å². The average Bonchev–Trinajstić information content (AvgIpc) is 3.21. The first-order chi connectivity index (χ1) is 9.69. The van der Waals surface area contributed by atoms with Crippen molar-refractivity contribution in [3.63, 3.8) is 0 Å². The number of hydrogen-bond donors (Lipinski definition) is 0. The lowest BCUT2D eigenvalue weighted by Gasteiger charge is -2.26. The van der Waals surface area contributed by atoms with Crippen molar-refractivity contribution in [1.82, 2.24) is 19.2 Å². The van der Waals surface area contributed by atoms with Crippen LogP contribution in [0.5, 0.6) is 0 Å². The molecule has 0 saturated heterocycles. The second-order valence-electron chi connectivity index (χ2n) is 5.50. The highest BCUT2D eigenvalue weighted by Crippen LogP contribution is 2.29. The van der Waals surface area contributed by atoms with Crippen molar-refractivity contribution in [3.8, 4) is 12.3 Å². The summed E-state index contributed by atoms with van der Waals surface area (Å²) in [4.78, 5) is 25.9. The first-order valence-corrected chi connectivity index (χ1v) is 7.07. The zero-order valence-corrected chi connectivity index (χ0v) is 11.4. The molecule has 0 aromatic carbocycles. The molecule has 0 atom stereocenters. The molecular formula is C14H18N4O2. The molecule has 2 aliphatic rings. The number of aromatic nitrogens is 3. The van der Waals surface area contributed by atoms with Crippen molar-refractivity contribution < 1.29 is 4.79 Å². The molecule has 1 fully saturated rings. The standard InChI is InChI=1S/C14H18N4O2/c1-2-3-4-13(19)16-7-8-17-12(10-16)15-18(14(17)20)9-11-5-6-11/h1,11H,3-10H2. The summed E-state index contributed by atoms with van der Waals surface area (Å²) in [5, 5.41) is 4.38. The molecule has 1 amide bonds. The molecule has 0 N–H and O–H groups in total. The summed E-state index contributed by atoms with van der Waals surface area (Å²) in [6.45, 7) is 2.21. The molecule has 1 aliphatic carbocycles. The number of fused-ring (bicyclic) bond motifs is 1. The second kappa shape index (κ2) is 5.16. The lowest BCUT2D eigenvalue weighted by molar-refractivity contribution is -0.132. The van der Waals surface area contributed by atoms with Crippen molar-refractivity contribution in [2.45, 2.75) is 45.3 Å². The van der Waals surface area contributed by atoms with E-state index in [4.69, 9.17) is 6.42 Å². The van der Waals surface area contributed by atoms with E-state index in [0.29, 0.717) is 50.8 Å². The second-order valence-corrected chi connectivity index (χ2v) is 5.50. The maximum absolute atomic E-state index is 12.2. The zero-order chi connectivity index (χ0) is 14.1. The Hall–Kier alpha value is -2.03. The Kier molecular flexibility index (Phi) is 3.35.